The van der Waals surface area contributed by atoms with Crippen molar-refractivity contribution in [1.29, 1.82) is 0 Å². The van der Waals surface area contributed by atoms with E-state index in [1.807, 2.05) is 0 Å². The first kappa shape index (κ1) is 24.2. The molecule has 5 amide bonds. The zero-order chi connectivity index (χ0) is 23.8. The monoisotopic (exact) mass is 460 g/mol. The molecule has 11 heteroatoms. The van der Waals surface area contributed by atoms with Crippen LogP contribution in [0.1, 0.15) is 59.2 Å². The minimum Gasteiger partial charge on any atom is -0.465 e. The number of carbonyl (C=O) groups is 5. The van der Waals surface area contributed by atoms with Crippen molar-refractivity contribution in [3.05, 3.63) is 29.3 Å². The molecule has 178 valence electrons. The van der Waals surface area contributed by atoms with E-state index in [4.69, 9.17) is 9.84 Å². The van der Waals surface area contributed by atoms with E-state index >= 15 is 0 Å². The number of carbonyl (C=O) groups excluding carboxylic acids is 4. The van der Waals surface area contributed by atoms with Crippen LogP contribution in [0.25, 0.3) is 0 Å². The van der Waals surface area contributed by atoms with Crippen molar-refractivity contribution in [2.24, 2.45) is 0 Å². The summed E-state index contributed by atoms with van der Waals surface area (Å²) in [7, 11) is 0. The van der Waals surface area contributed by atoms with E-state index in [-0.39, 0.29) is 24.0 Å². The normalized spacial score (nSPS) is 17.7. The Labute approximate surface area is 190 Å². The number of rotatable bonds is 12. The average Bonchev–Trinajstić information content (AvgIpc) is 3.03. The minimum absolute atomic E-state index is 0.0796. The van der Waals surface area contributed by atoms with Crippen molar-refractivity contribution in [2.75, 3.05) is 31.6 Å². The lowest BCUT2D eigenvalue weighted by Gasteiger charge is -2.27. The van der Waals surface area contributed by atoms with Crippen LogP contribution in [0.2, 0.25) is 0 Å². The number of fused-ring (bicyclic) bond motifs is 1. The van der Waals surface area contributed by atoms with Crippen molar-refractivity contribution in [2.45, 2.75) is 44.6 Å². The van der Waals surface area contributed by atoms with Gasteiger partial charge in [-0.1, -0.05) is 6.07 Å². The molecule has 0 saturated carbocycles. The summed E-state index contributed by atoms with van der Waals surface area (Å²) in [6, 6.07) is 3.98. The molecule has 1 fully saturated rings. The number of piperidine rings is 1. The molecule has 1 saturated heterocycles. The van der Waals surface area contributed by atoms with Crippen molar-refractivity contribution in [1.82, 2.24) is 15.5 Å². The van der Waals surface area contributed by atoms with E-state index in [1.165, 1.54) is 0 Å². The summed E-state index contributed by atoms with van der Waals surface area (Å²) in [5, 5.41) is 16.2. The topological polar surface area (TPSA) is 154 Å². The molecule has 2 aliphatic heterocycles. The highest BCUT2D eigenvalue weighted by Crippen LogP contribution is 2.32. The summed E-state index contributed by atoms with van der Waals surface area (Å²) in [4.78, 5) is 60.7. The Morgan fingerprint density at radius 3 is 2.48 bits per heavy atom. The van der Waals surface area contributed by atoms with Crippen LogP contribution in [0.4, 0.5) is 10.5 Å². The van der Waals surface area contributed by atoms with Gasteiger partial charge in [0.05, 0.1) is 11.1 Å². The highest BCUT2D eigenvalue weighted by molar-refractivity contribution is 6.25. The van der Waals surface area contributed by atoms with E-state index in [0.29, 0.717) is 32.0 Å². The lowest BCUT2D eigenvalue weighted by Crippen LogP contribution is -2.54. The minimum atomic E-state index is -1.03. The van der Waals surface area contributed by atoms with Gasteiger partial charge in [0.1, 0.15) is 6.04 Å². The molecular weight excluding hydrogens is 432 g/mol. The molecule has 1 atom stereocenters. The van der Waals surface area contributed by atoms with Gasteiger partial charge in [0.25, 0.3) is 11.8 Å². The molecule has 11 nitrogen and oxygen atoms in total. The van der Waals surface area contributed by atoms with E-state index in [0.717, 1.165) is 30.6 Å². The Kier molecular flexibility index (Phi) is 8.36. The first-order chi connectivity index (χ1) is 15.9. The van der Waals surface area contributed by atoms with Crippen molar-refractivity contribution < 1.29 is 33.8 Å². The second-order valence-electron chi connectivity index (χ2n) is 7.86. The molecule has 2 aliphatic rings. The number of imide groups is 2. The van der Waals surface area contributed by atoms with Crippen LogP contribution in [0.15, 0.2) is 18.2 Å². The molecule has 0 aromatic heterocycles. The van der Waals surface area contributed by atoms with Gasteiger partial charge in [-0.3, -0.25) is 29.4 Å². The molecule has 0 spiro atoms. The molecule has 1 aromatic rings. The molecule has 0 aliphatic carbocycles. The Bertz CT molecular complexity index is 933. The first-order valence-corrected chi connectivity index (χ1v) is 11.0. The standard InChI is InChI=1S/C22H28N4O7/c27-17-9-8-16(19(28)25-17)26-20(29)14-6-5-7-15(18(14)21(26)30)23-10-1-3-12-33-13-4-2-11-24-22(31)32/h5-7,16,23-24H,1-4,8-13H2,(H,31,32)(H,25,27,28). The van der Waals surface area contributed by atoms with Gasteiger partial charge in [-0.25, -0.2) is 4.79 Å². The maximum atomic E-state index is 13.0. The number of nitrogens with zero attached hydrogens (tertiary/aromatic N) is 1. The molecule has 3 rings (SSSR count). The number of nitrogens with one attached hydrogen (secondary N) is 3. The van der Waals surface area contributed by atoms with Gasteiger partial charge < -0.3 is 20.5 Å². The van der Waals surface area contributed by atoms with Crippen molar-refractivity contribution >= 4 is 35.4 Å². The molecule has 1 aromatic carbocycles. The van der Waals surface area contributed by atoms with Gasteiger partial charge in [-0.15, -0.1) is 0 Å². The predicted molar refractivity (Wildman–Crippen MR) is 117 cm³/mol. The largest absolute Gasteiger partial charge is 0.465 e. The van der Waals surface area contributed by atoms with Gasteiger partial charge in [0.2, 0.25) is 11.8 Å². The SMILES string of the molecule is O=C(O)NCCCCOCCCCNc1cccc2c1C(=O)N(C1CCC(=O)NC1=O)C2=O. The number of benzene rings is 1. The summed E-state index contributed by atoms with van der Waals surface area (Å²) in [5.74, 6) is -2.10. The molecule has 0 bridgehead atoms. The number of ether oxygens (including phenoxy) is 1. The Morgan fingerprint density at radius 2 is 1.79 bits per heavy atom. The molecule has 1 unspecified atom stereocenters. The van der Waals surface area contributed by atoms with Gasteiger partial charge in [0.15, 0.2) is 0 Å². The molecule has 0 radical (unpaired) electrons. The van der Waals surface area contributed by atoms with Crippen molar-refractivity contribution in [3.63, 3.8) is 0 Å². The van der Waals surface area contributed by atoms with Gasteiger partial charge in [-0.05, 0) is 44.2 Å². The summed E-state index contributed by atoms with van der Waals surface area (Å²) in [6.07, 6.45) is 2.24. The summed E-state index contributed by atoms with van der Waals surface area (Å²) in [5.41, 5.74) is 1.03. The van der Waals surface area contributed by atoms with E-state index in [9.17, 15) is 24.0 Å². The number of amides is 5. The van der Waals surface area contributed by atoms with Gasteiger partial charge in [-0.2, -0.15) is 0 Å². The molecule has 4 N–H and O–H groups in total. The number of anilines is 1. The third-order valence-electron chi connectivity index (χ3n) is 5.49. The Hall–Kier alpha value is -3.47. The van der Waals surface area contributed by atoms with Crippen LogP contribution in [0.3, 0.4) is 0 Å². The van der Waals surface area contributed by atoms with Crippen LogP contribution < -0.4 is 16.0 Å². The lowest BCUT2D eigenvalue weighted by atomic mass is 10.0. The van der Waals surface area contributed by atoms with Crippen LogP contribution in [-0.2, 0) is 14.3 Å². The summed E-state index contributed by atoms with van der Waals surface area (Å²) >= 11 is 0. The fourth-order valence-electron chi connectivity index (χ4n) is 3.84. The van der Waals surface area contributed by atoms with Crippen LogP contribution >= 0.6 is 0 Å². The second-order valence-corrected chi connectivity index (χ2v) is 7.86. The fourth-order valence-corrected chi connectivity index (χ4v) is 3.84. The smallest absolute Gasteiger partial charge is 0.404 e. The molecule has 33 heavy (non-hydrogen) atoms. The third kappa shape index (κ3) is 6.07. The zero-order valence-electron chi connectivity index (χ0n) is 18.2. The fraction of sp³-hybridized carbons (Fsp3) is 0.500. The first-order valence-electron chi connectivity index (χ1n) is 11.0. The average molecular weight is 460 g/mol. The summed E-state index contributed by atoms with van der Waals surface area (Å²) in [6.45, 7) is 2.11. The maximum absolute atomic E-state index is 13.0. The highest BCUT2D eigenvalue weighted by atomic mass is 16.5. The van der Waals surface area contributed by atoms with E-state index in [2.05, 4.69) is 16.0 Å². The Balaban J connectivity index is 1.44. The lowest BCUT2D eigenvalue weighted by molar-refractivity contribution is -0.136. The molecule has 2 heterocycles. The van der Waals surface area contributed by atoms with Crippen LogP contribution in [-0.4, -0.2) is 72.1 Å². The third-order valence-corrected chi connectivity index (χ3v) is 5.49. The van der Waals surface area contributed by atoms with Crippen LogP contribution in [0, 0.1) is 0 Å². The second kappa shape index (κ2) is 11.4. The van der Waals surface area contributed by atoms with Gasteiger partial charge in [0, 0.05) is 38.4 Å². The number of hydrogen-bond donors (Lipinski definition) is 4. The predicted octanol–water partition coefficient (Wildman–Crippen LogP) is 1.34. The van der Waals surface area contributed by atoms with Crippen LogP contribution in [0.5, 0.6) is 0 Å². The Morgan fingerprint density at radius 1 is 1.06 bits per heavy atom. The molecular formula is C22H28N4O7. The summed E-state index contributed by atoms with van der Waals surface area (Å²) < 4.78 is 5.53. The van der Waals surface area contributed by atoms with E-state index in [1.54, 1.807) is 18.2 Å². The number of carboxylic acid groups (broad SMARTS) is 1. The quantitative estimate of drug-likeness (QED) is 0.269. The zero-order valence-corrected chi connectivity index (χ0v) is 18.2. The van der Waals surface area contributed by atoms with Crippen molar-refractivity contribution in [3.8, 4) is 0 Å². The highest BCUT2D eigenvalue weighted by Gasteiger charge is 2.45. The number of unbranched alkanes of at least 4 members (excludes halogenated alkanes) is 2. The van der Waals surface area contributed by atoms with Gasteiger partial charge >= 0.3 is 6.09 Å². The maximum Gasteiger partial charge on any atom is 0.404 e. The van der Waals surface area contributed by atoms with E-state index < -0.39 is 35.8 Å². The number of hydrogen-bond acceptors (Lipinski definition) is 7.